The molecule has 0 aliphatic heterocycles. The number of carbonyl (C=O) groups is 1. The van der Waals surface area contributed by atoms with Crippen molar-refractivity contribution in [1.82, 2.24) is 0 Å². The first-order valence-corrected chi connectivity index (χ1v) is 7.45. The fourth-order valence-electron chi connectivity index (χ4n) is 2.04. The van der Waals surface area contributed by atoms with Crippen molar-refractivity contribution in [2.75, 3.05) is 0 Å². The number of halogens is 3. The highest BCUT2D eigenvalue weighted by Gasteiger charge is 2.17. The minimum absolute atomic E-state index is 0.119. The lowest BCUT2D eigenvalue weighted by Crippen LogP contribution is -2.06. The number of carbonyl (C=O) groups excluding carboxylic acids is 1. The van der Waals surface area contributed by atoms with E-state index >= 15 is 0 Å². The van der Waals surface area contributed by atoms with Crippen molar-refractivity contribution >= 4 is 21.7 Å². The summed E-state index contributed by atoms with van der Waals surface area (Å²) in [6.07, 6.45) is 0.155. The van der Waals surface area contributed by atoms with Gasteiger partial charge in [-0.1, -0.05) is 38.1 Å². The van der Waals surface area contributed by atoms with Gasteiger partial charge in [-0.3, -0.25) is 4.79 Å². The normalized spacial score (nSPS) is 11.0. The maximum Gasteiger partial charge on any atom is 0.173 e. The molecule has 110 valence electrons. The fourth-order valence-corrected chi connectivity index (χ4v) is 2.58. The van der Waals surface area contributed by atoms with Gasteiger partial charge in [0.1, 0.15) is 0 Å². The average molecular weight is 353 g/mol. The van der Waals surface area contributed by atoms with Crippen LogP contribution in [0, 0.1) is 11.6 Å². The predicted molar refractivity (Wildman–Crippen MR) is 82.6 cm³/mol. The highest BCUT2D eigenvalue weighted by Crippen LogP contribution is 2.24. The van der Waals surface area contributed by atoms with Crippen molar-refractivity contribution in [3.05, 3.63) is 69.2 Å². The minimum atomic E-state index is -1.03. The second-order valence-electron chi connectivity index (χ2n) is 5.22. The van der Waals surface area contributed by atoms with Crippen molar-refractivity contribution in [3.8, 4) is 0 Å². The summed E-state index contributed by atoms with van der Waals surface area (Å²) in [4.78, 5) is 12.2. The third kappa shape index (κ3) is 3.56. The van der Waals surface area contributed by atoms with Crippen LogP contribution in [0.1, 0.15) is 41.3 Å². The third-order valence-corrected chi connectivity index (χ3v) is 4.12. The van der Waals surface area contributed by atoms with Crippen molar-refractivity contribution in [1.29, 1.82) is 0 Å². The van der Waals surface area contributed by atoms with Gasteiger partial charge in [-0.25, -0.2) is 8.78 Å². The van der Waals surface area contributed by atoms with Gasteiger partial charge in [-0.15, -0.1) is 0 Å². The molecular weight excluding hydrogens is 338 g/mol. The standard InChI is InChI=1S/C17H15BrF2O/c1-10(2)12-5-3-11(4-6-12)9-15(21)13-7-8-14(19)17(20)16(13)18/h3-8,10H,9H2,1-2H3. The van der Waals surface area contributed by atoms with Crippen molar-refractivity contribution in [3.63, 3.8) is 0 Å². The summed E-state index contributed by atoms with van der Waals surface area (Å²) < 4.78 is 26.4. The first kappa shape index (κ1) is 15.8. The Kier molecular flexibility index (Phi) is 4.88. The smallest absolute Gasteiger partial charge is 0.173 e. The van der Waals surface area contributed by atoms with Crippen LogP contribution in [0.5, 0.6) is 0 Å². The van der Waals surface area contributed by atoms with E-state index in [1.807, 2.05) is 24.3 Å². The molecule has 2 rings (SSSR count). The molecule has 0 N–H and O–H groups in total. The van der Waals surface area contributed by atoms with Gasteiger partial charge in [0.15, 0.2) is 17.4 Å². The van der Waals surface area contributed by atoms with Gasteiger partial charge in [0.05, 0.1) is 4.47 Å². The molecule has 0 radical (unpaired) electrons. The number of hydrogen-bond donors (Lipinski definition) is 0. The first-order valence-electron chi connectivity index (χ1n) is 6.65. The number of Topliss-reactive ketones (excluding diaryl/α,β-unsaturated/α-hetero) is 1. The molecule has 0 heterocycles. The largest absolute Gasteiger partial charge is 0.294 e. The summed E-state index contributed by atoms with van der Waals surface area (Å²) in [5.74, 6) is -1.83. The van der Waals surface area contributed by atoms with Gasteiger partial charge < -0.3 is 0 Å². The highest BCUT2D eigenvalue weighted by molar-refractivity contribution is 9.10. The maximum atomic E-state index is 13.5. The van der Waals surface area contributed by atoms with E-state index in [1.54, 1.807) is 0 Å². The Morgan fingerprint density at radius 1 is 1.10 bits per heavy atom. The monoisotopic (exact) mass is 352 g/mol. The van der Waals surface area contributed by atoms with Crippen molar-refractivity contribution < 1.29 is 13.6 Å². The molecule has 0 amide bonds. The molecule has 4 heteroatoms. The molecule has 21 heavy (non-hydrogen) atoms. The van der Waals surface area contributed by atoms with Crippen LogP contribution in [0.25, 0.3) is 0 Å². The van der Waals surface area contributed by atoms with Gasteiger partial charge in [0.25, 0.3) is 0 Å². The van der Waals surface area contributed by atoms with Gasteiger partial charge >= 0.3 is 0 Å². The Balaban J connectivity index is 2.20. The molecule has 0 bridgehead atoms. The molecule has 0 saturated carbocycles. The van der Waals surface area contributed by atoms with Crippen LogP contribution in [0.2, 0.25) is 0 Å². The predicted octanol–water partition coefficient (Wildman–Crippen LogP) is 5.28. The third-order valence-electron chi connectivity index (χ3n) is 3.35. The summed E-state index contributed by atoms with van der Waals surface area (Å²) in [6.45, 7) is 4.19. The Morgan fingerprint density at radius 2 is 1.71 bits per heavy atom. The molecule has 0 aliphatic rings. The first-order chi connectivity index (χ1) is 9.90. The van der Waals surface area contributed by atoms with E-state index in [0.717, 1.165) is 11.6 Å². The van der Waals surface area contributed by atoms with Crippen LogP contribution in [0.15, 0.2) is 40.9 Å². The summed E-state index contributed by atoms with van der Waals surface area (Å²) >= 11 is 2.94. The SMILES string of the molecule is CC(C)c1ccc(CC(=O)c2ccc(F)c(F)c2Br)cc1. The lowest BCUT2D eigenvalue weighted by molar-refractivity contribution is 0.0991. The topological polar surface area (TPSA) is 17.1 Å². The molecule has 0 aromatic heterocycles. The zero-order chi connectivity index (χ0) is 15.6. The van der Waals surface area contributed by atoms with Gasteiger partial charge in [0, 0.05) is 12.0 Å². The van der Waals surface area contributed by atoms with Crippen molar-refractivity contribution in [2.24, 2.45) is 0 Å². The van der Waals surface area contributed by atoms with E-state index in [0.29, 0.717) is 5.92 Å². The Labute approximate surface area is 131 Å². The Morgan fingerprint density at radius 3 is 2.29 bits per heavy atom. The molecule has 0 aliphatic carbocycles. The van der Waals surface area contributed by atoms with E-state index < -0.39 is 11.6 Å². The zero-order valence-electron chi connectivity index (χ0n) is 11.8. The Hall–Kier alpha value is -1.55. The van der Waals surface area contributed by atoms with E-state index in [9.17, 15) is 13.6 Å². The van der Waals surface area contributed by atoms with Crippen molar-refractivity contribution in [2.45, 2.75) is 26.2 Å². The number of hydrogen-bond acceptors (Lipinski definition) is 1. The maximum absolute atomic E-state index is 13.5. The second kappa shape index (κ2) is 6.48. The Bertz CT molecular complexity index is 663. The van der Waals surface area contributed by atoms with Crippen LogP contribution in [-0.2, 0) is 6.42 Å². The molecule has 0 unspecified atom stereocenters. The van der Waals surface area contributed by atoms with E-state index in [2.05, 4.69) is 29.8 Å². The molecule has 0 atom stereocenters. The van der Waals surface area contributed by atoms with Crippen LogP contribution < -0.4 is 0 Å². The van der Waals surface area contributed by atoms with E-state index in [-0.39, 0.29) is 22.2 Å². The summed E-state index contributed by atoms with van der Waals surface area (Å²) in [6, 6.07) is 10.0. The van der Waals surface area contributed by atoms with Gasteiger partial charge in [0.2, 0.25) is 0 Å². The summed E-state index contributed by atoms with van der Waals surface area (Å²) in [5, 5.41) is 0. The molecule has 1 nitrogen and oxygen atoms in total. The fraction of sp³-hybridized carbons (Fsp3) is 0.235. The molecule has 0 spiro atoms. The lowest BCUT2D eigenvalue weighted by atomic mass is 9.98. The van der Waals surface area contributed by atoms with Gasteiger partial charge in [-0.2, -0.15) is 0 Å². The quantitative estimate of drug-likeness (QED) is 0.540. The van der Waals surface area contributed by atoms with Crippen LogP contribution in [-0.4, -0.2) is 5.78 Å². The minimum Gasteiger partial charge on any atom is -0.294 e. The number of rotatable bonds is 4. The van der Waals surface area contributed by atoms with Crippen LogP contribution in [0.3, 0.4) is 0 Å². The summed E-state index contributed by atoms with van der Waals surface area (Å²) in [7, 11) is 0. The average Bonchev–Trinajstić information content (AvgIpc) is 2.45. The summed E-state index contributed by atoms with van der Waals surface area (Å²) in [5.41, 5.74) is 2.20. The lowest BCUT2D eigenvalue weighted by Gasteiger charge is -2.08. The highest BCUT2D eigenvalue weighted by atomic mass is 79.9. The van der Waals surface area contributed by atoms with E-state index in [4.69, 9.17) is 0 Å². The number of benzene rings is 2. The molecule has 0 fully saturated rings. The van der Waals surface area contributed by atoms with Crippen LogP contribution in [0.4, 0.5) is 8.78 Å². The van der Waals surface area contributed by atoms with E-state index in [1.165, 1.54) is 11.6 Å². The molecule has 2 aromatic carbocycles. The van der Waals surface area contributed by atoms with Crippen LogP contribution >= 0.6 is 15.9 Å². The number of ketones is 1. The molecular formula is C17H15BrF2O. The second-order valence-corrected chi connectivity index (χ2v) is 6.01. The molecule has 2 aromatic rings. The van der Waals surface area contributed by atoms with Gasteiger partial charge in [-0.05, 0) is 45.1 Å². The molecule has 0 saturated heterocycles. The zero-order valence-corrected chi connectivity index (χ0v) is 13.4.